The summed E-state index contributed by atoms with van der Waals surface area (Å²) >= 11 is 5.83. The standard InChI is InChI=1S/C15H13ClF2N4O2/c1-19-14(23)12(8-4-5-9(17)10(18)7-8)22-15(24)21-11-3-2-6-20-13(11)16/h2-7,12H,1H3,(H,19,23)(H2,21,22,24). The number of carbonyl (C=O) groups excluding carboxylic acids is 2. The van der Waals surface area contributed by atoms with Crippen molar-refractivity contribution in [2.45, 2.75) is 6.04 Å². The Morgan fingerprint density at radius 3 is 2.58 bits per heavy atom. The van der Waals surface area contributed by atoms with Crippen LogP contribution in [0.4, 0.5) is 19.3 Å². The molecule has 0 bridgehead atoms. The molecule has 1 atom stereocenters. The first-order valence-corrected chi connectivity index (χ1v) is 7.14. The maximum Gasteiger partial charge on any atom is 0.320 e. The number of nitrogens with one attached hydrogen (secondary N) is 3. The molecule has 0 saturated heterocycles. The topological polar surface area (TPSA) is 83.1 Å². The van der Waals surface area contributed by atoms with Crippen molar-refractivity contribution in [1.29, 1.82) is 0 Å². The highest BCUT2D eigenvalue weighted by molar-refractivity contribution is 6.32. The molecule has 1 aromatic carbocycles. The van der Waals surface area contributed by atoms with E-state index >= 15 is 0 Å². The molecule has 3 amide bonds. The smallest absolute Gasteiger partial charge is 0.320 e. The molecule has 2 rings (SSSR count). The van der Waals surface area contributed by atoms with Crippen molar-refractivity contribution in [3.05, 3.63) is 58.9 Å². The Morgan fingerprint density at radius 1 is 1.21 bits per heavy atom. The highest BCUT2D eigenvalue weighted by Gasteiger charge is 2.23. The van der Waals surface area contributed by atoms with Gasteiger partial charge in [0.05, 0.1) is 5.69 Å². The third-order valence-corrected chi connectivity index (χ3v) is 3.37. The molecule has 0 aliphatic heterocycles. The quantitative estimate of drug-likeness (QED) is 0.738. The van der Waals surface area contributed by atoms with Crippen LogP contribution in [0.25, 0.3) is 0 Å². The maximum atomic E-state index is 13.4. The van der Waals surface area contributed by atoms with Gasteiger partial charge in [-0.3, -0.25) is 4.79 Å². The molecule has 126 valence electrons. The summed E-state index contributed by atoms with van der Waals surface area (Å²) in [6.45, 7) is 0. The number of hydrogen-bond donors (Lipinski definition) is 3. The average molecular weight is 355 g/mol. The van der Waals surface area contributed by atoms with Crippen molar-refractivity contribution in [1.82, 2.24) is 15.6 Å². The Kier molecular flexibility index (Phi) is 5.64. The summed E-state index contributed by atoms with van der Waals surface area (Å²) in [5, 5.41) is 7.20. The van der Waals surface area contributed by atoms with Crippen molar-refractivity contribution in [3.8, 4) is 0 Å². The molecule has 0 aliphatic carbocycles. The number of nitrogens with zero attached hydrogens (tertiary/aromatic N) is 1. The Balaban J connectivity index is 2.20. The van der Waals surface area contributed by atoms with Gasteiger partial charge in [0.1, 0.15) is 6.04 Å². The SMILES string of the molecule is CNC(=O)C(NC(=O)Nc1cccnc1Cl)c1ccc(F)c(F)c1. The lowest BCUT2D eigenvalue weighted by molar-refractivity contribution is -0.122. The summed E-state index contributed by atoms with van der Waals surface area (Å²) in [7, 11) is 1.35. The summed E-state index contributed by atoms with van der Waals surface area (Å²) in [4.78, 5) is 27.8. The number of anilines is 1. The van der Waals surface area contributed by atoms with E-state index in [-0.39, 0.29) is 16.4 Å². The summed E-state index contributed by atoms with van der Waals surface area (Å²) < 4.78 is 26.4. The second-order valence-corrected chi connectivity index (χ2v) is 5.02. The van der Waals surface area contributed by atoms with Crippen LogP contribution in [0.5, 0.6) is 0 Å². The van der Waals surface area contributed by atoms with E-state index in [9.17, 15) is 18.4 Å². The number of benzene rings is 1. The molecule has 9 heteroatoms. The third kappa shape index (κ3) is 4.17. The van der Waals surface area contributed by atoms with Crippen LogP contribution in [-0.4, -0.2) is 24.0 Å². The number of rotatable bonds is 4. The van der Waals surface area contributed by atoms with E-state index in [1.54, 1.807) is 6.07 Å². The van der Waals surface area contributed by atoms with Gasteiger partial charge in [0.15, 0.2) is 16.8 Å². The first-order chi connectivity index (χ1) is 11.4. The molecular weight excluding hydrogens is 342 g/mol. The zero-order valence-corrected chi connectivity index (χ0v) is 13.2. The largest absolute Gasteiger partial charge is 0.357 e. The predicted molar refractivity (Wildman–Crippen MR) is 84.6 cm³/mol. The minimum atomic E-state index is -1.22. The molecule has 1 aromatic heterocycles. The van der Waals surface area contributed by atoms with Gasteiger partial charge in [-0.25, -0.2) is 18.6 Å². The van der Waals surface area contributed by atoms with E-state index in [2.05, 4.69) is 20.9 Å². The highest BCUT2D eigenvalue weighted by atomic mass is 35.5. The highest BCUT2D eigenvalue weighted by Crippen LogP contribution is 2.19. The summed E-state index contributed by atoms with van der Waals surface area (Å²) in [5.41, 5.74) is 0.318. The lowest BCUT2D eigenvalue weighted by Gasteiger charge is -2.18. The third-order valence-electron chi connectivity index (χ3n) is 3.07. The van der Waals surface area contributed by atoms with E-state index in [0.717, 1.165) is 12.1 Å². The van der Waals surface area contributed by atoms with Crippen molar-refractivity contribution in [3.63, 3.8) is 0 Å². The van der Waals surface area contributed by atoms with Gasteiger partial charge in [0.25, 0.3) is 0 Å². The van der Waals surface area contributed by atoms with Crippen LogP contribution in [0.3, 0.4) is 0 Å². The zero-order valence-electron chi connectivity index (χ0n) is 12.4. The molecule has 0 fully saturated rings. The van der Waals surface area contributed by atoms with Crippen LogP contribution in [0, 0.1) is 11.6 Å². The lowest BCUT2D eigenvalue weighted by atomic mass is 10.1. The lowest BCUT2D eigenvalue weighted by Crippen LogP contribution is -2.41. The molecule has 1 heterocycles. The van der Waals surface area contributed by atoms with Crippen LogP contribution < -0.4 is 16.0 Å². The second-order valence-electron chi connectivity index (χ2n) is 4.66. The fraction of sp³-hybridized carbons (Fsp3) is 0.133. The van der Waals surface area contributed by atoms with Crippen LogP contribution >= 0.6 is 11.6 Å². The van der Waals surface area contributed by atoms with Crippen LogP contribution in [0.1, 0.15) is 11.6 Å². The van der Waals surface area contributed by atoms with Gasteiger partial charge >= 0.3 is 6.03 Å². The van der Waals surface area contributed by atoms with Gasteiger partial charge < -0.3 is 16.0 Å². The average Bonchev–Trinajstić information content (AvgIpc) is 2.56. The van der Waals surface area contributed by atoms with Crippen LogP contribution in [-0.2, 0) is 4.79 Å². The van der Waals surface area contributed by atoms with Gasteiger partial charge in [0, 0.05) is 13.2 Å². The van der Waals surface area contributed by atoms with Crippen molar-refractivity contribution >= 4 is 29.2 Å². The first kappa shape index (κ1) is 17.6. The minimum absolute atomic E-state index is 0.0666. The molecular formula is C15H13ClF2N4O2. The normalized spacial score (nSPS) is 11.5. The minimum Gasteiger partial charge on any atom is -0.357 e. The molecule has 2 aromatic rings. The number of hydrogen-bond acceptors (Lipinski definition) is 3. The van der Waals surface area contributed by atoms with E-state index in [0.29, 0.717) is 0 Å². The van der Waals surface area contributed by atoms with Gasteiger partial charge in [-0.2, -0.15) is 0 Å². The first-order valence-electron chi connectivity index (χ1n) is 6.77. The Hall–Kier alpha value is -2.74. The summed E-state index contributed by atoms with van der Waals surface area (Å²) in [6.07, 6.45) is 1.44. The van der Waals surface area contributed by atoms with Crippen molar-refractivity contribution in [2.75, 3.05) is 12.4 Å². The Bertz CT molecular complexity index is 773. The fourth-order valence-corrected chi connectivity index (χ4v) is 2.07. The molecule has 0 saturated carbocycles. The van der Waals surface area contributed by atoms with E-state index in [4.69, 9.17) is 11.6 Å². The number of urea groups is 1. The summed E-state index contributed by atoms with van der Waals surface area (Å²) in [6, 6.07) is 4.01. The Morgan fingerprint density at radius 2 is 1.96 bits per heavy atom. The molecule has 24 heavy (non-hydrogen) atoms. The van der Waals surface area contributed by atoms with Gasteiger partial charge in [-0.1, -0.05) is 17.7 Å². The molecule has 0 aliphatic rings. The van der Waals surface area contributed by atoms with Gasteiger partial charge in [-0.15, -0.1) is 0 Å². The van der Waals surface area contributed by atoms with Gasteiger partial charge in [0.2, 0.25) is 5.91 Å². The molecule has 3 N–H and O–H groups in total. The second kappa shape index (κ2) is 7.69. The van der Waals surface area contributed by atoms with Gasteiger partial charge in [-0.05, 0) is 29.8 Å². The zero-order chi connectivity index (χ0) is 17.7. The Labute approximate surface area is 141 Å². The molecule has 6 nitrogen and oxygen atoms in total. The number of carbonyl (C=O) groups is 2. The van der Waals surface area contributed by atoms with E-state index < -0.39 is 29.6 Å². The number of aromatic nitrogens is 1. The number of halogens is 3. The number of amides is 3. The van der Waals surface area contributed by atoms with Crippen LogP contribution in [0.2, 0.25) is 5.15 Å². The molecule has 0 spiro atoms. The number of likely N-dealkylation sites (N-methyl/N-ethyl adjacent to an activating group) is 1. The monoisotopic (exact) mass is 354 g/mol. The maximum absolute atomic E-state index is 13.4. The molecule has 1 unspecified atom stereocenters. The van der Waals surface area contributed by atoms with E-state index in [1.165, 1.54) is 25.4 Å². The summed E-state index contributed by atoms with van der Waals surface area (Å²) in [5.74, 6) is -2.78. The molecule has 0 radical (unpaired) electrons. The van der Waals surface area contributed by atoms with Crippen molar-refractivity contribution in [2.24, 2.45) is 0 Å². The fourth-order valence-electron chi connectivity index (χ4n) is 1.91. The van der Waals surface area contributed by atoms with E-state index in [1.807, 2.05) is 0 Å². The van der Waals surface area contributed by atoms with Crippen LogP contribution in [0.15, 0.2) is 36.5 Å². The number of pyridine rings is 1. The predicted octanol–water partition coefficient (Wildman–Crippen LogP) is 2.62. The van der Waals surface area contributed by atoms with Crippen molar-refractivity contribution < 1.29 is 18.4 Å².